The summed E-state index contributed by atoms with van der Waals surface area (Å²) >= 11 is 0. The van der Waals surface area contributed by atoms with Gasteiger partial charge in [-0.15, -0.1) is 0 Å². The summed E-state index contributed by atoms with van der Waals surface area (Å²) in [4.78, 5) is 2.40. The number of unbranched alkanes of at least 4 members (excludes halogenated alkanes) is 1. The molecule has 0 saturated carbocycles. The van der Waals surface area contributed by atoms with Gasteiger partial charge in [-0.1, -0.05) is 13.3 Å². The van der Waals surface area contributed by atoms with Crippen molar-refractivity contribution >= 4 is 0 Å². The van der Waals surface area contributed by atoms with Crippen LogP contribution >= 0.6 is 0 Å². The Labute approximate surface area is 77.1 Å². The molecule has 2 N–H and O–H groups in total. The third kappa shape index (κ3) is 5.56. The van der Waals surface area contributed by atoms with Crippen molar-refractivity contribution in [3.63, 3.8) is 0 Å². The molecular weight excluding hydrogens is 148 g/mol. The SMILES string of the molecule is CCCCN(C)C(C)CC(C)N. The van der Waals surface area contributed by atoms with Gasteiger partial charge >= 0.3 is 0 Å². The van der Waals surface area contributed by atoms with Crippen molar-refractivity contribution in [2.45, 2.75) is 52.1 Å². The number of nitrogens with zero attached hydrogens (tertiary/aromatic N) is 1. The minimum Gasteiger partial charge on any atom is -0.328 e. The van der Waals surface area contributed by atoms with Crippen LogP contribution in [0.15, 0.2) is 0 Å². The fraction of sp³-hybridized carbons (Fsp3) is 1.00. The van der Waals surface area contributed by atoms with Gasteiger partial charge in [0.05, 0.1) is 0 Å². The Morgan fingerprint density at radius 2 is 1.92 bits per heavy atom. The van der Waals surface area contributed by atoms with Gasteiger partial charge in [-0.25, -0.2) is 0 Å². The van der Waals surface area contributed by atoms with E-state index in [1.165, 1.54) is 19.4 Å². The molecule has 0 aliphatic heterocycles. The first-order valence-electron chi connectivity index (χ1n) is 5.03. The zero-order chi connectivity index (χ0) is 9.56. The van der Waals surface area contributed by atoms with E-state index in [0.29, 0.717) is 12.1 Å². The molecule has 0 radical (unpaired) electrons. The second-order valence-corrected chi connectivity index (χ2v) is 3.90. The van der Waals surface area contributed by atoms with Crippen LogP contribution in [0.2, 0.25) is 0 Å². The van der Waals surface area contributed by atoms with Crippen LogP contribution in [-0.4, -0.2) is 30.6 Å². The van der Waals surface area contributed by atoms with Gasteiger partial charge in [0.25, 0.3) is 0 Å². The van der Waals surface area contributed by atoms with E-state index in [4.69, 9.17) is 5.73 Å². The lowest BCUT2D eigenvalue weighted by molar-refractivity contribution is 0.235. The molecule has 0 rings (SSSR count). The molecule has 74 valence electrons. The standard InChI is InChI=1S/C10H24N2/c1-5-6-7-12(4)10(3)8-9(2)11/h9-10H,5-8,11H2,1-4H3. The molecular formula is C10H24N2. The summed E-state index contributed by atoms with van der Waals surface area (Å²) in [5.41, 5.74) is 5.73. The summed E-state index contributed by atoms with van der Waals surface area (Å²) in [6.45, 7) is 7.75. The predicted octanol–water partition coefficient (Wildman–Crippen LogP) is 1.84. The van der Waals surface area contributed by atoms with E-state index < -0.39 is 0 Å². The lowest BCUT2D eigenvalue weighted by Crippen LogP contribution is -2.34. The highest BCUT2D eigenvalue weighted by molar-refractivity contribution is 4.67. The highest BCUT2D eigenvalue weighted by Crippen LogP contribution is 2.04. The second kappa shape index (κ2) is 6.44. The molecule has 0 aromatic rings. The number of hydrogen-bond donors (Lipinski definition) is 1. The topological polar surface area (TPSA) is 29.3 Å². The first-order chi connectivity index (χ1) is 5.57. The van der Waals surface area contributed by atoms with Crippen LogP contribution in [-0.2, 0) is 0 Å². The van der Waals surface area contributed by atoms with Crippen LogP contribution in [0, 0.1) is 0 Å². The van der Waals surface area contributed by atoms with Crippen molar-refractivity contribution < 1.29 is 0 Å². The Bertz CT molecular complexity index is 102. The average Bonchev–Trinajstić information content (AvgIpc) is 1.98. The van der Waals surface area contributed by atoms with Crippen molar-refractivity contribution in [3.05, 3.63) is 0 Å². The van der Waals surface area contributed by atoms with Crippen molar-refractivity contribution in [1.29, 1.82) is 0 Å². The van der Waals surface area contributed by atoms with E-state index in [2.05, 4.69) is 32.7 Å². The summed E-state index contributed by atoms with van der Waals surface area (Å²) in [6.07, 6.45) is 3.66. The van der Waals surface area contributed by atoms with Crippen molar-refractivity contribution in [3.8, 4) is 0 Å². The highest BCUT2D eigenvalue weighted by Gasteiger charge is 2.09. The monoisotopic (exact) mass is 172 g/mol. The van der Waals surface area contributed by atoms with Crippen LogP contribution in [0.1, 0.15) is 40.0 Å². The third-order valence-electron chi connectivity index (χ3n) is 2.33. The van der Waals surface area contributed by atoms with E-state index in [-0.39, 0.29) is 0 Å². The molecule has 0 saturated heterocycles. The van der Waals surface area contributed by atoms with Gasteiger partial charge < -0.3 is 10.6 Å². The highest BCUT2D eigenvalue weighted by atomic mass is 15.1. The van der Waals surface area contributed by atoms with E-state index >= 15 is 0 Å². The van der Waals surface area contributed by atoms with Crippen LogP contribution in [0.5, 0.6) is 0 Å². The predicted molar refractivity (Wildman–Crippen MR) is 55.3 cm³/mol. The molecule has 12 heavy (non-hydrogen) atoms. The quantitative estimate of drug-likeness (QED) is 0.662. The lowest BCUT2D eigenvalue weighted by atomic mass is 10.1. The summed E-state index contributed by atoms with van der Waals surface area (Å²) in [7, 11) is 2.18. The zero-order valence-corrected chi connectivity index (χ0v) is 9.01. The van der Waals surface area contributed by atoms with Crippen LogP contribution < -0.4 is 5.73 Å². The van der Waals surface area contributed by atoms with E-state index in [1.807, 2.05) is 0 Å². The van der Waals surface area contributed by atoms with Gasteiger partial charge in [0, 0.05) is 12.1 Å². The zero-order valence-electron chi connectivity index (χ0n) is 9.01. The molecule has 0 aromatic heterocycles. The summed E-state index contributed by atoms with van der Waals surface area (Å²) < 4.78 is 0. The van der Waals surface area contributed by atoms with Gasteiger partial charge in [0.15, 0.2) is 0 Å². The fourth-order valence-corrected chi connectivity index (χ4v) is 1.35. The first-order valence-corrected chi connectivity index (χ1v) is 5.03. The molecule has 2 nitrogen and oxygen atoms in total. The second-order valence-electron chi connectivity index (χ2n) is 3.90. The van der Waals surface area contributed by atoms with Crippen LogP contribution in [0.4, 0.5) is 0 Å². The third-order valence-corrected chi connectivity index (χ3v) is 2.33. The first kappa shape index (κ1) is 11.9. The molecule has 0 aromatic carbocycles. The smallest absolute Gasteiger partial charge is 0.00785 e. The number of hydrogen-bond acceptors (Lipinski definition) is 2. The van der Waals surface area contributed by atoms with Crippen LogP contribution in [0.25, 0.3) is 0 Å². The number of nitrogens with two attached hydrogens (primary N) is 1. The van der Waals surface area contributed by atoms with Crippen molar-refractivity contribution in [2.24, 2.45) is 5.73 Å². The molecule has 0 amide bonds. The summed E-state index contributed by atoms with van der Waals surface area (Å²) in [5.74, 6) is 0. The molecule has 0 spiro atoms. The van der Waals surface area contributed by atoms with Gasteiger partial charge in [-0.3, -0.25) is 0 Å². The molecule has 2 heteroatoms. The van der Waals surface area contributed by atoms with E-state index in [9.17, 15) is 0 Å². The van der Waals surface area contributed by atoms with Gasteiger partial charge in [-0.05, 0) is 40.3 Å². The normalized spacial score (nSPS) is 16.5. The Morgan fingerprint density at radius 1 is 1.33 bits per heavy atom. The maximum atomic E-state index is 5.73. The fourth-order valence-electron chi connectivity index (χ4n) is 1.35. The molecule has 2 unspecified atom stereocenters. The molecule has 0 heterocycles. The minimum absolute atomic E-state index is 0.323. The Kier molecular flexibility index (Phi) is 6.39. The maximum Gasteiger partial charge on any atom is 0.00785 e. The van der Waals surface area contributed by atoms with E-state index in [1.54, 1.807) is 0 Å². The molecule has 0 fully saturated rings. The van der Waals surface area contributed by atoms with Crippen LogP contribution in [0.3, 0.4) is 0 Å². The van der Waals surface area contributed by atoms with Crippen molar-refractivity contribution in [1.82, 2.24) is 4.90 Å². The van der Waals surface area contributed by atoms with Crippen molar-refractivity contribution in [2.75, 3.05) is 13.6 Å². The summed E-state index contributed by atoms with van der Waals surface area (Å²) in [5, 5.41) is 0. The molecule has 0 aliphatic carbocycles. The van der Waals surface area contributed by atoms with E-state index in [0.717, 1.165) is 6.42 Å². The van der Waals surface area contributed by atoms with Gasteiger partial charge in [-0.2, -0.15) is 0 Å². The average molecular weight is 172 g/mol. The van der Waals surface area contributed by atoms with Gasteiger partial charge in [0.2, 0.25) is 0 Å². The largest absolute Gasteiger partial charge is 0.328 e. The molecule has 2 atom stereocenters. The Balaban J connectivity index is 3.53. The Morgan fingerprint density at radius 3 is 2.33 bits per heavy atom. The van der Waals surface area contributed by atoms with Gasteiger partial charge in [0.1, 0.15) is 0 Å². The number of rotatable bonds is 6. The maximum absolute atomic E-state index is 5.73. The summed E-state index contributed by atoms with van der Waals surface area (Å²) in [6, 6.07) is 0.945. The Hall–Kier alpha value is -0.0800. The molecule has 0 aliphatic rings. The molecule has 0 bridgehead atoms. The minimum atomic E-state index is 0.323. The lowest BCUT2D eigenvalue weighted by Gasteiger charge is -2.25.